The topological polar surface area (TPSA) is 43.0 Å². The lowest BCUT2D eigenvalue weighted by Crippen LogP contribution is -2.13. The lowest BCUT2D eigenvalue weighted by Gasteiger charge is -2.03. The van der Waals surface area contributed by atoms with Crippen molar-refractivity contribution in [1.29, 1.82) is 0 Å². The first kappa shape index (κ1) is 12.0. The highest BCUT2D eigenvalue weighted by atomic mass is 16.3. The molecule has 0 atom stereocenters. The summed E-state index contributed by atoms with van der Waals surface area (Å²) < 4.78 is 7.23. The molecular weight excluding hydrogens is 238 g/mol. The van der Waals surface area contributed by atoms with Gasteiger partial charge in [0.2, 0.25) is 0 Å². The predicted molar refractivity (Wildman–Crippen MR) is 74.7 cm³/mol. The van der Waals surface area contributed by atoms with Gasteiger partial charge in [-0.15, -0.1) is 0 Å². The van der Waals surface area contributed by atoms with E-state index in [9.17, 15) is 0 Å². The molecule has 0 aliphatic carbocycles. The SMILES string of the molecule is Cc1cc(CNCc2ccc3occc3c2)nn1C. The lowest BCUT2D eigenvalue weighted by atomic mass is 10.1. The first-order valence-corrected chi connectivity index (χ1v) is 6.39. The van der Waals surface area contributed by atoms with E-state index in [2.05, 4.69) is 35.5 Å². The van der Waals surface area contributed by atoms with Gasteiger partial charge in [-0.2, -0.15) is 5.10 Å². The van der Waals surface area contributed by atoms with Crippen LogP contribution in [0.4, 0.5) is 0 Å². The van der Waals surface area contributed by atoms with Gasteiger partial charge in [-0.05, 0) is 36.8 Å². The summed E-state index contributed by atoms with van der Waals surface area (Å²) >= 11 is 0. The van der Waals surface area contributed by atoms with E-state index in [1.807, 2.05) is 23.9 Å². The van der Waals surface area contributed by atoms with Gasteiger partial charge in [0.05, 0.1) is 12.0 Å². The monoisotopic (exact) mass is 255 g/mol. The van der Waals surface area contributed by atoms with Crippen LogP contribution in [0.5, 0.6) is 0 Å². The van der Waals surface area contributed by atoms with Crippen molar-refractivity contribution >= 4 is 11.0 Å². The van der Waals surface area contributed by atoms with Crippen LogP contribution in [-0.2, 0) is 20.1 Å². The molecule has 4 nitrogen and oxygen atoms in total. The molecular formula is C15H17N3O. The van der Waals surface area contributed by atoms with Gasteiger partial charge in [0.25, 0.3) is 0 Å². The third-order valence-corrected chi connectivity index (χ3v) is 3.32. The van der Waals surface area contributed by atoms with Crippen molar-refractivity contribution in [3.63, 3.8) is 0 Å². The molecule has 0 aliphatic rings. The van der Waals surface area contributed by atoms with Crippen LogP contribution in [0.2, 0.25) is 0 Å². The van der Waals surface area contributed by atoms with Crippen LogP contribution in [0.1, 0.15) is 17.0 Å². The number of rotatable bonds is 4. The van der Waals surface area contributed by atoms with Gasteiger partial charge in [-0.3, -0.25) is 4.68 Å². The molecule has 3 aromatic rings. The maximum Gasteiger partial charge on any atom is 0.133 e. The van der Waals surface area contributed by atoms with Crippen LogP contribution in [-0.4, -0.2) is 9.78 Å². The molecule has 0 radical (unpaired) electrons. The Balaban J connectivity index is 1.62. The number of hydrogen-bond acceptors (Lipinski definition) is 3. The average molecular weight is 255 g/mol. The third kappa shape index (κ3) is 2.53. The molecule has 19 heavy (non-hydrogen) atoms. The zero-order valence-electron chi connectivity index (χ0n) is 11.2. The van der Waals surface area contributed by atoms with E-state index >= 15 is 0 Å². The average Bonchev–Trinajstić information content (AvgIpc) is 2.96. The quantitative estimate of drug-likeness (QED) is 0.779. The molecule has 2 heterocycles. The van der Waals surface area contributed by atoms with E-state index in [-0.39, 0.29) is 0 Å². The third-order valence-electron chi connectivity index (χ3n) is 3.32. The van der Waals surface area contributed by atoms with E-state index < -0.39 is 0 Å². The number of hydrogen-bond donors (Lipinski definition) is 1. The molecule has 0 amide bonds. The highest BCUT2D eigenvalue weighted by Gasteiger charge is 2.02. The van der Waals surface area contributed by atoms with Crippen LogP contribution in [0.15, 0.2) is 41.0 Å². The Morgan fingerprint density at radius 1 is 1.21 bits per heavy atom. The second-order valence-corrected chi connectivity index (χ2v) is 4.80. The molecule has 0 unspecified atom stereocenters. The van der Waals surface area contributed by atoms with Gasteiger partial charge < -0.3 is 9.73 Å². The van der Waals surface area contributed by atoms with Crippen molar-refractivity contribution in [2.45, 2.75) is 20.0 Å². The van der Waals surface area contributed by atoms with Crippen molar-refractivity contribution in [3.05, 3.63) is 53.5 Å². The zero-order chi connectivity index (χ0) is 13.2. The Morgan fingerprint density at radius 3 is 2.89 bits per heavy atom. The minimum atomic E-state index is 0.783. The van der Waals surface area contributed by atoms with Gasteiger partial charge in [0.1, 0.15) is 5.58 Å². The van der Waals surface area contributed by atoms with Crippen LogP contribution in [0.3, 0.4) is 0 Å². The summed E-state index contributed by atoms with van der Waals surface area (Å²) in [7, 11) is 1.96. The molecule has 0 saturated heterocycles. The van der Waals surface area contributed by atoms with Crippen LogP contribution < -0.4 is 5.32 Å². The fourth-order valence-corrected chi connectivity index (χ4v) is 2.18. The number of nitrogens with zero attached hydrogens (tertiary/aromatic N) is 2. The molecule has 0 aliphatic heterocycles. The largest absolute Gasteiger partial charge is 0.464 e. The van der Waals surface area contributed by atoms with Gasteiger partial charge >= 0.3 is 0 Å². The van der Waals surface area contributed by atoms with E-state index in [0.717, 1.165) is 29.8 Å². The Hall–Kier alpha value is -2.07. The molecule has 1 N–H and O–H groups in total. The van der Waals surface area contributed by atoms with Gasteiger partial charge in [0, 0.05) is 31.2 Å². The second kappa shape index (κ2) is 4.90. The molecule has 0 fully saturated rings. The number of nitrogens with one attached hydrogen (secondary N) is 1. The van der Waals surface area contributed by atoms with E-state index in [1.165, 1.54) is 11.3 Å². The number of aromatic nitrogens is 2. The minimum absolute atomic E-state index is 0.783. The zero-order valence-corrected chi connectivity index (χ0v) is 11.2. The molecule has 98 valence electrons. The Kier molecular flexibility index (Phi) is 3.09. The first-order chi connectivity index (χ1) is 9.22. The second-order valence-electron chi connectivity index (χ2n) is 4.80. The fraction of sp³-hybridized carbons (Fsp3) is 0.267. The molecule has 2 aromatic heterocycles. The maximum absolute atomic E-state index is 5.33. The highest BCUT2D eigenvalue weighted by Crippen LogP contribution is 2.16. The molecule has 4 heteroatoms. The van der Waals surface area contributed by atoms with Crippen LogP contribution in [0.25, 0.3) is 11.0 Å². The fourth-order valence-electron chi connectivity index (χ4n) is 2.18. The Labute approximate surface area is 112 Å². The summed E-state index contributed by atoms with van der Waals surface area (Å²) in [5, 5.41) is 8.98. The van der Waals surface area contributed by atoms with E-state index in [0.29, 0.717) is 0 Å². The maximum atomic E-state index is 5.33. The smallest absolute Gasteiger partial charge is 0.133 e. The van der Waals surface area contributed by atoms with Crippen LogP contribution in [0, 0.1) is 6.92 Å². The van der Waals surface area contributed by atoms with Gasteiger partial charge in [-0.1, -0.05) is 6.07 Å². The summed E-state index contributed by atoms with van der Waals surface area (Å²) in [4.78, 5) is 0. The number of fused-ring (bicyclic) bond motifs is 1. The van der Waals surface area contributed by atoms with Crippen LogP contribution >= 0.6 is 0 Å². The normalized spacial score (nSPS) is 11.3. The standard InChI is InChI=1S/C15H17N3O/c1-11-7-14(17-18(11)2)10-16-9-12-3-4-15-13(8-12)5-6-19-15/h3-8,16H,9-10H2,1-2H3. The lowest BCUT2D eigenvalue weighted by molar-refractivity contribution is 0.615. The van der Waals surface area contributed by atoms with Crippen molar-refractivity contribution in [1.82, 2.24) is 15.1 Å². The summed E-state index contributed by atoms with van der Waals surface area (Å²) in [6.07, 6.45) is 1.72. The first-order valence-electron chi connectivity index (χ1n) is 6.39. The van der Waals surface area contributed by atoms with E-state index in [1.54, 1.807) is 6.26 Å². The van der Waals surface area contributed by atoms with Crippen molar-refractivity contribution in [2.75, 3.05) is 0 Å². The summed E-state index contributed by atoms with van der Waals surface area (Å²) in [5.41, 5.74) is 4.44. The molecule has 0 bridgehead atoms. The molecule has 1 aromatic carbocycles. The highest BCUT2D eigenvalue weighted by molar-refractivity contribution is 5.77. The number of aryl methyl sites for hydroxylation is 2. The summed E-state index contributed by atoms with van der Waals surface area (Å²) in [6.45, 7) is 3.67. The number of furan rings is 1. The van der Waals surface area contributed by atoms with Crippen molar-refractivity contribution in [2.24, 2.45) is 7.05 Å². The van der Waals surface area contributed by atoms with Gasteiger partial charge in [-0.25, -0.2) is 0 Å². The molecule has 0 saturated carbocycles. The van der Waals surface area contributed by atoms with Crippen molar-refractivity contribution in [3.8, 4) is 0 Å². The van der Waals surface area contributed by atoms with Gasteiger partial charge in [0.15, 0.2) is 0 Å². The van der Waals surface area contributed by atoms with Crippen molar-refractivity contribution < 1.29 is 4.42 Å². The van der Waals surface area contributed by atoms with E-state index in [4.69, 9.17) is 4.42 Å². The molecule has 3 rings (SSSR count). The Morgan fingerprint density at radius 2 is 2.11 bits per heavy atom. The Bertz CT molecular complexity index is 677. The number of benzene rings is 1. The minimum Gasteiger partial charge on any atom is -0.464 e. The summed E-state index contributed by atoms with van der Waals surface area (Å²) in [5.74, 6) is 0. The molecule has 0 spiro atoms. The predicted octanol–water partition coefficient (Wildman–Crippen LogP) is 2.76. The summed E-state index contributed by atoms with van der Waals surface area (Å²) in [6, 6.07) is 10.3.